The SMILES string of the molecule is NS(=O)(=O)c1cccc(NC(=O)CCN2C(=O)[C@@H]3CCCC[C@H]3C2=O)c1. The first-order valence-corrected chi connectivity index (χ1v) is 10.1. The number of amides is 3. The van der Waals surface area contributed by atoms with E-state index in [0.29, 0.717) is 0 Å². The minimum Gasteiger partial charge on any atom is -0.326 e. The van der Waals surface area contributed by atoms with E-state index < -0.39 is 15.9 Å². The van der Waals surface area contributed by atoms with Gasteiger partial charge in [0.1, 0.15) is 0 Å². The number of hydrogen-bond acceptors (Lipinski definition) is 5. The Morgan fingerprint density at radius 3 is 2.35 bits per heavy atom. The molecule has 2 aliphatic rings. The fourth-order valence-corrected chi connectivity index (χ4v) is 4.20. The van der Waals surface area contributed by atoms with Gasteiger partial charge in [-0.15, -0.1) is 0 Å². The summed E-state index contributed by atoms with van der Waals surface area (Å²) >= 11 is 0. The Hall–Kier alpha value is -2.26. The Labute approximate surface area is 151 Å². The average Bonchev–Trinajstić information content (AvgIpc) is 2.84. The number of imide groups is 1. The zero-order chi connectivity index (χ0) is 18.9. The molecule has 1 aromatic carbocycles. The van der Waals surface area contributed by atoms with Crippen molar-refractivity contribution >= 4 is 33.4 Å². The maximum Gasteiger partial charge on any atom is 0.238 e. The van der Waals surface area contributed by atoms with Crippen LogP contribution in [-0.2, 0) is 24.4 Å². The molecule has 3 amide bonds. The lowest BCUT2D eigenvalue weighted by atomic mass is 9.81. The fourth-order valence-electron chi connectivity index (χ4n) is 3.64. The molecule has 2 fully saturated rings. The molecule has 1 aliphatic heterocycles. The first-order chi connectivity index (χ1) is 12.3. The molecule has 3 N–H and O–H groups in total. The number of nitrogens with zero attached hydrogens (tertiary/aromatic N) is 1. The smallest absolute Gasteiger partial charge is 0.238 e. The van der Waals surface area contributed by atoms with Crippen molar-refractivity contribution in [3.63, 3.8) is 0 Å². The number of sulfonamides is 1. The number of benzene rings is 1. The van der Waals surface area contributed by atoms with Gasteiger partial charge in [0.2, 0.25) is 27.7 Å². The Balaban J connectivity index is 1.59. The lowest BCUT2D eigenvalue weighted by Crippen LogP contribution is -2.34. The second-order valence-electron chi connectivity index (χ2n) is 6.70. The van der Waals surface area contributed by atoms with Crippen LogP contribution in [0.25, 0.3) is 0 Å². The second-order valence-corrected chi connectivity index (χ2v) is 8.26. The Kier molecular flexibility index (Phi) is 5.10. The number of primary sulfonamides is 1. The zero-order valence-corrected chi connectivity index (χ0v) is 15.0. The summed E-state index contributed by atoms with van der Waals surface area (Å²) in [6.45, 7) is 0.0331. The van der Waals surface area contributed by atoms with E-state index in [9.17, 15) is 22.8 Å². The van der Waals surface area contributed by atoms with E-state index in [0.717, 1.165) is 25.7 Å². The van der Waals surface area contributed by atoms with Crippen molar-refractivity contribution in [2.75, 3.05) is 11.9 Å². The number of anilines is 1. The van der Waals surface area contributed by atoms with E-state index in [2.05, 4.69) is 5.32 Å². The van der Waals surface area contributed by atoms with Crippen molar-refractivity contribution < 1.29 is 22.8 Å². The zero-order valence-electron chi connectivity index (χ0n) is 14.2. The largest absolute Gasteiger partial charge is 0.326 e. The summed E-state index contributed by atoms with van der Waals surface area (Å²) in [5.41, 5.74) is 0.286. The molecule has 26 heavy (non-hydrogen) atoms. The monoisotopic (exact) mass is 379 g/mol. The van der Waals surface area contributed by atoms with Gasteiger partial charge in [-0.3, -0.25) is 19.3 Å². The summed E-state index contributed by atoms with van der Waals surface area (Å²) in [5, 5.41) is 7.63. The molecule has 0 spiro atoms. The number of rotatable bonds is 5. The van der Waals surface area contributed by atoms with Crippen LogP contribution in [0.15, 0.2) is 29.2 Å². The number of likely N-dealkylation sites (tertiary alicyclic amines) is 1. The number of nitrogens with two attached hydrogens (primary N) is 1. The van der Waals surface area contributed by atoms with Gasteiger partial charge < -0.3 is 5.32 Å². The highest BCUT2D eigenvalue weighted by Gasteiger charge is 2.47. The number of fused-ring (bicyclic) bond motifs is 1. The van der Waals surface area contributed by atoms with E-state index >= 15 is 0 Å². The first-order valence-electron chi connectivity index (χ1n) is 8.55. The van der Waals surface area contributed by atoms with Gasteiger partial charge >= 0.3 is 0 Å². The molecule has 1 aliphatic carbocycles. The highest BCUT2D eigenvalue weighted by molar-refractivity contribution is 7.89. The molecule has 1 aromatic rings. The van der Waals surface area contributed by atoms with Crippen LogP contribution in [0.1, 0.15) is 32.1 Å². The fraction of sp³-hybridized carbons (Fsp3) is 0.471. The van der Waals surface area contributed by atoms with Gasteiger partial charge in [0.25, 0.3) is 0 Å². The summed E-state index contributed by atoms with van der Waals surface area (Å²) in [7, 11) is -3.86. The minimum atomic E-state index is -3.86. The highest BCUT2D eigenvalue weighted by atomic mass is 32.2. The number of carbonyl (C=O) groups excluding carboxylic acids is 3. The molecule has 1 saturated carbocycles. The second kappa shape index (κ2) is 7.16. The normalized spacial score (nSPS) is 23.0. The van der Waals surface area contributed by atoms with Crippen molar-refractivity contribution in [3.8, 4) is 0 Å². The first kappa shape index (κ1) is 18.5. The van der Waals surface area contributed by atoms with E-state index in [1.54, 1.807) is 0 Å². The maximum absolute atomic E-state index is 12.4. The number of carbonyl (C=O) groups is 3. The van der Waals surface area contributed by atoms with Gasteiger partial charge in [0.15, 0.2) is 0 Å². The van der Waals surface area contributed by atoms with Gasteiger partial charge in [-0.2, -0.15) is 0 Å². The lowest BCUT2D eigenvalue weighted by molar-refractivity contribution is -0.140. The molecule has 2 atom stereocenters. The summed E-state index contributed by atoms with van der Waals surface area (Å²) < 4.78 is 22.7. The third kappa shape index (κ3) is 3.78. The van der Waals surface area contributed by atoms with E-state index in [1.165, 1.54) is 29.2 Å². The van der Waals surface area contributed by atoms with Crippen LogP contribution in [0, 0.1) is 11.8 Å². The van der Waals surface area contributed by atoms with Crippen LogP contribution < -0.4 is 10.5 Å². The molecule has 140 valence electrons. The standard InChI is InChI=1S/C17H21N3O5S/c18-26(24,25)12-5-3-4-11(10-12)19-15(21)8-9-20-16(22)13-6-1-2-7-14(13)17(20)23/h3-5,10,13-14H,1-2,6-9H2,(H,19,21)(H2,18,24,25)/t13-,14-/m1/s1. The van der Waals surface area contributed by atoms with Crippen LogP contribution in [0.2, 0.25) is 0 Å². The third-order valence-electron chi connectivity index (χ3n) is 4.94. The quantitative estimate of drug-likeness (QED) is 0.733. The summed E-state index contributed by atoms with van der Waals surface area (Å²) in [4.78, 5) is 37.9. The van der Waals surface area contributed by atoms with Crippen molar-refractivity contribution in [1.82, 2.24) is 4.90 Å². The third-order valence-corrected chi connectivity index (χ3v) is 5.85. The average molecular weight is 379 g/mol. The maximum atomic E-state index is 12.4. The van der Waals surface area contributed by atoms with Crippen molar-refractivity contribution in [2.45, 2.75) is 37.0 Å². The molecular formula is C17H21N3O5S. The lowest BCUT2D eigenvalue weighted by Gasteiger charge is -2.19. The summed E-state index contributed by atoms with van der Waals surface area (Å²) in [6, 6.07) is 5.59. The van der Waals surface area contributed by atoms with Crippen LogP contribution in [0.3, 0.4) is 0 Å². The van der Waals surface area contributed by atoms with E-state index in [1.807, 2.05) is 0 Å². The molecule has 9 heteroatoms. The minimum absolute atomic E-state index is 0.0331. The van der Waals surface area contributed by atoms with Gasteiger partial charge in [-0.05, 0) is 31.0 Å². The molecule has 8 nitrogen and oxygen atoms in total. The topological polar surface area (TPSA) is 127 Å². The predicted molar refractivity (Wildman–Crippen MR) is 93.2 cm³/mol. The van der Waals surface area contributed by atoms with Crippen LogP contribution in [0.4, 0.5) is 5.69 Å². The van der Waals surface area contributed by atoms with Gasteiger partial charge in [0, 0.05) is 18.7 Å². The molecule has 0 radical (unpaired) electrons. The van der Waals surface area contributed by atoms with Crippen LogP contribution in [0.5, 0.6) is 0 Å². The molecule has 0 bridgehead atoms. The molecule has 1 saturated heterocycles. The Morgan fingerprint density at radius 2 is 1.77 bits per heavy atom. The van der Waals surface area contributed by atoms with Gasteiger partial charge in [0.05, 0.1) is 16.7 Å². The van der Waals surface area contributed by atoms with Crippen LogP contribution in [-0.4, -0.2) is 37.6 Å². The van der Waals surface area contributed by atoms with E-state index in [-0.39, 0.29) is 47.2 Å². The van der Waals surface area contributed by atoms with Crippen molar-refractivity contribution in [2.24, 2.45) is 17.0 Å². The Bertz CT molecular complexity index is 828. The number of nitrogens with one attached hydrogen (secondary N) is 1. The van der Waals surface area contributed by atoms with E-state index in [4.69, 9.17) is 5.14 Å². The molecule has 0 aromatic heterocycles. The number of hydrogen-bond donors (Lipinski definition) is 2. The highest BCUT2D eigenvalue weighted by Crippen LogP contribution is 2.37. The summed E-state index contributed by atoms with van der Waals surface area (Å²) in [5.74, 6) is -1.23. The van der Waals surface area contributed by atoms with Crippen molar-refractivity contribution in [3.05, 3.63) is 24.3 Å². The van der Waals surface area contributed by atoms with Crippen LogP contribution >= 0.6 is 0 Å². The summed E-state index contributed by atoms with van der Waals surface area (Å²) in [6.07, 6.45) is 3.33. The molecule has 0 unspecified atom stereocenters. The Morgan fingerprint density at radius 1 is 1.15 bits per heavy atom. The molecule has 3 rings (SSSR count). The molecule has 1 heterocycles. The van der Waals surface area contributed by atoms with Crippen molar-refractivity contribution in [1.29, 1.82) is 0 Å². The van der Waals surface area contributed by atoms with Gasteiger partial charge in [-0.1, -0.05) is 18.9 Å². The predicted octanol–water partition coefficient (Wildman–Crippen LogP) is 0.838. The van der Waals surface area contributed by atoms with Gasteiger partial charge in [-0.25, -0.2) is 13.6 Å². The molecular weight excluding hydrogens is 358 g/mol.